The minimum Gasteiger partial charge on any atom is -0.194 e. The fourth-order valence-electron chi connectivity index (χ4n) is 1.32. The molecule has 2 heterocycles. The SMILES string of the molecule is CC.Cc1cc(C)[n+](-c2cnsc2C)s1. The number of nitrogens with zero attached hydrogens (tertiary/aromatic N) is 2. The molecule has 2 nitrogen and oxygen atoms in total. The van der Waals surface area contributed by atoms with E-state index >= 15 is 0 Å². The van der Waals surface area contributed by atoms with E-state index in [1.165, 1.54) is 21.1 Å². The first-order valence-electron chi connectivity index (χ1n) is 5.09. The van der Waals surface area contributed by atoms with Crippen molar-refractivity contribution in [3.05, 3.63) is 27.7 Å². The van der Waals surface area contributed by atoms with E-state index in [0.717, 1.165) is 0 Å². The van der Waals surface area contributed by atoms with Crippen molar-refractivity contribution in [3.63, 3.8) is 0 Å². The highest BCUT2D eigenvalue weighted by atomic mass is 32.1. The van der Waals surface area contributed by atoms with E-state index in [2.05, 4.69) is 35.2 Å². The van der Waals surface area contributed by atoms with Gasteiger partial charge < -0.3 is 0 Å². The molecule has 0 amide bonds. The molecule has 0 unspecified atom stereocenters. The number of rotatable bonds is 1. The van der Waals surface area contributed by atoms with Gasteiger partial charge in [0.25, 0.3) is 5.69 Å². The molecule has 4 heteroatoms. The summed E-state index contributed by atoms with van der Waals surface area (Å²) >= 11 is 3.32. The second kappa shape index (κ2) is 5.37. The first kappa shape index (κ1) is 12.3. The van der Waals surface area contributed by atoms with Gasteiger partial charge in [-0.3, -0.25) is 0 Å². The van der Waals surface area contributed by atoms with Gasteiger partial charge in [-0.1, -0.05) is 17.8 Å². The summed E-state index contributed by atoms with van der Waals surface area (Å²) in [4.78, 5) is 2.61. The van der Waals surface area contributed by atoms with Crippen LogP contribution >= 0.6 is 23.1 Å². The second-order valence-electron chi connectivity index (χ2n) is 3.05. The molecule has 0 fully saturated rings. The molecule has 2 aromatic heterocycles. The minimum absolute atomic E-state index is 1.22. The standard InChI is InChI=1S/C9H11N2S2.C2H6/c1-6-4-7(2)13-11(6)9-5-10-12-8(9)3;1-2/h4-5H,1-3H3;1-2H3/q+1;. The number of aromatic nitrogens is 2. The van der Waals surface area contributed by atoms with E-state index in [1.807, 2.05) is 20.0 Å². The van der Waals surface area contributed by atoms with Crippen molar-refractivity contribution in [2.24, 2.45) is 0 Å². The molecular weight excluding hydrogens is 224 g/mol. The molecule has 2 aromatic rings. The maximum atomic E-state index is 4.18. The molecule has 0 atom stereocenters. The molecule has 0 saturated heterocycles. The Hall–Kier alpha value is -0.740. The summed E-state index contributed by atoms with van der Waals surface area (Å²) in [6.07, 6.45) is 1.93. The highest BCUT2D eigenvalue weighted by Gasteiger charge is 2.18. The van der Waals surface area contributed by atoms with Crippen molar-refractivity contribution in [1.82, 2.24) is 4.37 Å². The average Bonchev–Trinajstić information content (AvgIpc) is 2.76. The third-order valence-corrected chi connectivity index (χ3v) is 3.68. The van der Waals surface area contributed by atoms with E-state index in [0.29, 0.717) is 0 Å². The Morgan fingerprint density at radius 1 is 1.20 bits per heavy atom. The Morgan fingerprint density at radius 2 is 1.87 bits per heavy atom. The van der Waals surface area contributed by atoms with Crippen LogP contribution in [0.5, 0.6) is 0 Å². The molecule has 15 heavy (non-hydrogen) atoms. The third-order valence-electron chi connectivity index (χ3n) is 1.91. The van der Waals surface area contributed by atoms with E-state index in [1.54, 1.807) is 23.1 Å². The first-order valence-corrected chi connectivity index (χ1v) is 6.64. The summed E-state index contributed by atoms with van der Waals surface area (Å²) in [5, 5.41) is 0. The Bertz CT molecular complexity index is 429. The second-order valence-corrected chi connectivity index (χ2v) is 5.25. The molecule has 2 rings (SSSR count). The molecule has 0 aromatic carbocycles. The number of hydrogen-bond donors (Lipinski definition) is 0. The smallest absolute Gasteiger partial charge is 0.194 e. The third kappa shape index (κ3) is 2.63. The van der Waals surface area contributed by atoms with Crippen molar-refractivity contribution in [3.8, 4) is 5.69 Å². The van der Waals surface area contributed by atoms with Gasteiger partial charge in [0, 0.05) is 13.0 Å². The number of aryl methyl sites for hydroxylation is 3. The quantitative estimate of drug-likeness (QED) is 0.699. The minimum atomic E-state index is 1.22. The van der Waals surface area contributed by atoms with Crippen LogP contribution in [0.1, 0.15) is 29.3 Å². The first-order chi connectivity index (χ1) is 7.18. The van der Waals surface area contributed by atoms with E-state index in [9.17, 15) is 0 Å². The van der Waals surface area contributed by atoms with Crippen molar-refractivity contribution >= 4 is 23.1 Å². The molecular formula is C11H17N2S2+. The Labute approximate surface area is 99.5 Å². The zero-order chi connectivity index (χ0) is 11.4. The highest BCUT2D eigenvalue weighted by molar-refractivity contribution is 7.06. The Kier molecular flexibility index (Phi) is 4.42. The van der Waals surface area contributed by atoms with Gasteiger partial charge in [-0.15, -0.1) is 0 Å². The Morgan fingerprint density at radius 3 is 2.27 bits per heavy atom. The van der Waals surface area contributed by atoms with Crippen molar-refractivity contribution in [2.45, 2.75) is 34.6 Å². The lowest BCUT2D eigenvalue weighted by Crippen LogP contribution is -2.28. The molecule has 0 aliphatic heterocycles. The highest BCUT2D eigenvalue weighted by Crippen LogP contribution is 2.15. The maximum Gasteiger partial charge on any atom is 0.258 e. The summed E-state index contributed by atoms with van der Waals surface area (Å²) in [7, 11) is 0. The molecule has 0 N–H and O–H groups in total. The van der Waals surface area contributed by atoms with Crippen LogP contribution in [0.15, 0.2) is 12.3 Å². The summed E-state index contributed by atoms with van der Waals surface area (Å²) in [6.45, 7) is 10.4. The molecule has 0 spiro atoms. The van der Waals surface area contributed by atoms with Gasteiger partial charge in [0.05, 0.1) is 9.75 Å². The molecule has 0 bridgehead atoms. The topological polar surface area (TPSA) is 16.8 Å². The van der Waals surface area contributed by atoms with Gasteiger partial charge in [0.2, 0.25) is 0 Å². The zero-order valence-electron chi connectivity index (χ0n) is 9.87. The van der Waals surface area contributed by atoms with Gasteiger partial charge in [-0.2, -0.15) is 4.37 Å². The molecule has 0 aliphatic rings. The molecule has 0 saturated carbocycles. The predicted octanol–water partition coefficient (Wildman–Crippen LogP) is 3.43. The van der Waals surface area contributed by atoms with Crippen LogP contribution < -0.4 is 3.96 Å². The fourth-order valence-corrected chi connectivity index (χ4v) is 2.92. The van der Waals surface area contributed by atoms with E-state index < -0.39 is 0 Å². The summed E-state index contributed by atoms with van der Waals surface area (Å²) in [5.74, 6) is 0. The lowest BCUT2D eigenvalue weighted by Gasteiger charge is -1.87. The van der Waals surface area contributed by atoms with Gasteiger partial charge in [-0.05, 0) is 25.4 Å². The van der Waals surface area contributed by atoms with Crippen molar-refractivity contribution < 1.29 is 3.96 Å². The number of hydrogen-bond acceptors (Lipinski definition) is 3. The van der Waals surface area contributed by atoms with Gasteiger partial charge in [0.1, 0.15) is 17.7 Å². The van der Waals surface area contributed by atoms with Crippen LogP contribution in [0.2, 0.25) is 0 Å². The maximum absolute atomic E-state index is 4.18. The van der Waals surface area contributed by atoms with E-state index in [-0.39, 0.29) is 0 Å². The lowest BCUT2D eigenvalue weighted by atomic mass is 10.4. The average molecular weight is 241 g/mol. The van der Waals surface area contributed by atoms with Crippen LogP contribution in [0.4, 0.5) is 0 Å². The van der Waals surface area contributed by atoms with Crippen LogP contribution in [0, 0.1) is 20.8 Å². The zero-order valence-corrected chi connectivity index (χ0v) is 11.5. The predicted molar refractivity (Wildman–Crippen MR) is 67.1 cm³/mol. The van der Waals surface area contributed by atoms with Crippen LogP contribution in [-0.4, -0.2) is 4.37 Å². The van der Waals surface area contributed by atoms with Gasteiger partial charge in [0.15, 0.2) is 5.69 Å². The summed E-state index contributed by atoms with van der Waals surface area (Å²) in [6, 6.07) is 2.20. The van der Waals surface area contributed by atoms with Crippen LogP contribution in [-0.2, 0) is 0 Å². The van der Waals surface area contributed by atoms with Crippen molar-refractivity contribution in [2.75, 3.05) is 0 Å². The van der Waals surface area contributed by atoms with Crippen molar-refractivity contribution in [1.29, 1.82) is 0 Å². The van der Waals surface area contributed by atoms with E-state index in [4.69, 9.17) is 0 Å². The molecule has 0 radical (unpaired) electrons. The molecule has 0 aliphatic carbocycles. The largest absolute Gasteiger partial charge is 0.258 e. The van der Waals surface area contributed by atoms with Gasteiger partial charge >= 0.3 is 0 Å². The molecule has 82 valence electrons. The Balaban J connectivity index is 0.000000531. The normalized spacial score (nSPS) is 9.67. The van der Waals surface area contributed by atoms with Crippen LogP contribution in [0.25, 0.3) is 5.69 Å². The van der Waals surface area contributed by atoms with Crippen LogP contribution in [0.3, 0.4) is 0 Å². The summed E-state index contributed by atoms with van der Waals surface area (Å²) < 4.78 is 6.41. The van der Waals surface area contributed by atoms with Gasteiger partial charge in [-0.25, -0.2) is 0 Å². The summed E-state index contributed by atoms with van der Waals surface area (Å²) in [5.41, 5.74) is 2.51. The monoisotopic (exact) mass is 241 g/mol. The lowest BCUT2D eigenvalue weighted by molar-refractivity contribution is -0.527. The fraction of sp³-hybridized carbons (Fsp3) is 0.455.